The van der Waals surface area contributed by atoms with E-state index in [1.165, 1.54) is 6.07 Å². The van der Waals surface area contributed by atoms with Gasteiger partial charge in [-0.25, -0.2) is 9.59 Å². The second-order valence-corrected chi connectivity index (χ2v) is 7.35. The summed E-state index contributed by atoms with van der Waals surface area (Å²) < 4.78 is 10.3. The Kier molecular flexibility index (Phi) is 11.5. The van der Waals surface area contributed by atoms with Crippen LogP contribution in [0.15, 0.2) is 10.9 Å². The van der Waals surface area contributed by atoms with Gasteiger partial charge in [0.15, 0.2) is 0 Å². The highest BCUT2D eigenvalue weighted by atomic mass is 16.5. The number of aryl methyl sites for hydroxylation is 1. The monoisotopic (exact) mass is 426 g/mol. The maximum absolute atomic E-state index is 12.0. The van der Waals surface area contributed by atoms with Crippen LogP contribution in [0, 0.1) is 6.92 Å². The Hall–Kier alpha value is -2.66. The number of rotatable bonds is 13. The SMILES string of the molecule is COCC(C)(COC)NC(=O)NCCCCCCNC(=O)Nc1nc(=O)cc(C)[nH]1. The van der Waals surface area contributed by atoms with Gasteiger partial charge >= 0.3 is 12.1 Å². The smallest absolute Gasteiger partial charge is 0.321 e. The molecule has 30 heavy (non-hydrogen) atoms. The number of ether oxygens (including phenoxy) is 2. The van der Waals surface area contributed by atoms with Crippen LogP contribution < -0.4 is 26.8 Å². The molecule has 0 fully saturated rings. The maximum atomic E-state index is 12.0. The second kappa shape index (κ2) is 13.5. The van der Waals surface area contributed by atoms with E-state index in [1.807, 2.05) is 6.92 Å². The van der Waals surface area contributed by atoms with Gasteiger partial charge in [-0.1, -0.05) is 12.8 Å². The Labute approximate surface area is 176 Å². The molecule has 0 radical (unpaired) electrons. The van der Waals surface area contributed by atoms with Crippen molar-refractivity contribution in [3.63, 3.8) is 0 Å². The lowest BCUT2D eigenvalue weighted by Gasteiger charge is -2.29. The maximum Gasteiger partial charge on any atom is 0.321 e. The molecule has 0 spiro atoms. The lowest BCUT2D eigenvalue weighted by atomic mass is 10.1. The van der Waals surface area contributed by atoms with E-state index in [0.29, 0.717) is 32.0 Å². The van der Waals surface area contributed by atoms with E-state index in [9.17, 15) is 14.4 Å². The summed E-state index contributed by atoms with van der Waals surface area (Å²) in [6.45, 7) is 5.33. The predicted octanol–water partition coefficient (Wildman–Crippen LogP) is 1.11. The fraction of sp³-hybridized carbons (Fsp3) is 0.684. The minimum absolute atomic E-state index is 0.119. The molecule has 0 aliphatic carbocycles. The lowest BCUT2D eigenvalue weighted by Crippen LogP contribution is -2.55. The number of H-pyrrole nitrogens is 1. The summed E-state index contributed by atoms with van der Waals surface area (Å²) in [6, 6.07) is 0.671. The summed E-state index contributed by atoms with van der Waals surface area (Å²) >= 11 is 0. The molecule has 4 amide bonds. The number of aromatic amines is 1. The highest BCUT2D eigenvalue weighted by molar-refractivity contribution is 5.87. The molecule has 11 nitrogen and oxygen atoms in total. The van der Waals surface area contributed by atoms with Crippen LogP contribution in [0.4, 0.5) is 15.5 Å². The molecule has 0 bridgehead atoms. The van der Waals surface area contributed by atoms with Gasteiger partial charge in [-0.3, -0.25) is 10.1 Å². The van der Waals surface area contributed by atoms with Crippen LogP contribution in [0.2, 0.25) is 0 Å². The van der Waals surface area contributed by atoms with Crippen molar-refractivity contribution >= 4 is 18.0 Å². The molecule has 0 unspecified atom stereocenters. The number of hydrogen-bond donors (Lipinski definition) is 5. The molecule has 170 valence electrons. The minimum atomic E-state index is -0.583. The third-order valence-corrected chi connectivity index (χ3v) is 4.13. The first kappa shape index (κ1) is 25.4. The Morgan fingerprint density at radius 3 is 2.13 bits per heavy atom. The minimum Gasteiger partial charge on any atom is -0.382 e. The zero-order valence-electron chi connectivity index (χ0n) is 18.2. The molecule has 0 saturated heterocycles. The number of anilines is 1. The number of aromatic nitrogens is 2. The summed E-state index contributed by atoms with van der Waals surface area (Å²) in [7, 11) is 3.15. The molecule has 0 aromatic carbocycles. The first-order valence-electron chi connectivity index (χ1n) is 9.94. The number of unbranched alkanes of at least 4 members (excludes halogenated alkanes) is 3. The molecule has 0 saturated carbocycles. The van der Waals surface area contributed by atoms with Gasteiger partial charge in [-0.15, -0.1) is 0 Å². The standard InChI is InChI=1S/C19H34N6O5/c1-14-11-15(26)23-16(22-14)24-17(27)20-9-7-5-6-8-10-21-18(28)25-19(2,12-29-3)13-30-4/h11H,5-10,12-13H2,1-4H3,(H2,21,25,28)(H3,20,22,23,24,26,27). The van der Waals surface area contributed by atoms with Crippen molar-refractivity contribution in [1.82, 2.24) is 25.9 Å². The van der Waals surface area contributed by atoms with Crippen LogP contribution in [-0.4, -0.2) is 68.1 Å². The molecule has 5 N–H and O–H groups in total. The summed E-state index contributed by atoms with van der Waals surface area (Å²) in [5.74, 6) is 0.119. The van der Waals surface area contributed by atoms with Gasteiger partial charge in [0.05, 0.1) is 18.8 Å². The normalized spacial score (nSPS) is 11.1. The number of carbonyl (C=O) groups excluding carboxylic acids is 2. The molecule has 0 atom stereocenters. The van der Waals surface area contributed by atoms with Gasteiger partial charge in [-0.05, 0) is 26.7 Å². The fourth-order valence-corrected chi connectivity index (χ4v) is 2.87. The number of nitrogens with zero attached hydrogens (tertiary/aromatic N) is 1. The third-order valence-electron chi connectivity index (χ3n) is 4.13. The first-order valence-corrected chi connectivity index (χ1v) is 9.94. The van der Waals surface area contributed by atoms with Crippen molar-refractivity contribution in [3.8, 4) is 0 Å². The lowest BCUT2D eigenvalue weighted by molar-refractivity contribution is 0.0571. The van der Waals surface area contributed by atoms with Crippen molar-refractivity contribution in [3.05, 3.63) is 22.1 Å². The van der Waals surface area contributed by atoms with Crippen LogP contribution in [-0.2, 0) is 9.47 Å². The second-order valence-electron chi connectivity index (χ2n) is 7.35. The molecule has 1 heterocycles. The summed E-state index contributed by atoms with van der Waals surface area (Å²) in [5, 5.41) is 10.9. The molecule has 1 aromatic rings. The summed E-state index contributed by atoms with van der Waals surface area (Å²) in [5.41, 5.74) is -0.374. The van der Waals surface area contributed by atoms with Crippen LogP contribution >= 0.6 is 0 Å². The van der Waals surface area contributed by atoms with Crippen LogP contribution in [0.25, 0.3) is 0 Å². The number of nitrogens with one attached hydrogen (secondary N) is 5. The van der Waals surface area contributed by atoms with Crippen molar-refractivity contribution in [2.75, 3.05) is 45.8 Å². The molecular weight excluding hydrogens is 392 g/mol. The average molecular weight is 427 g/mol. The predicted molar refractivity (Wildman–Crippen MR) is 114 cm³/mol. The quantitative estimate of drug-likeness (QED) is 0.299. The fourth-order valence-electron chi connectivity index (χ4n) is 2.87. The number of hydrogen-bond acceptors (Lipinski definition) is 6. The number of carbonyl (C=O) groups is 2. The third kappa shape index (κ3) is 10.8. The van der Waals surface area contributed by atoms with Crippen molar-refractivity contribution in [2.45, 2.75) is 45.1 Å². The van der Waals surface area contributed by atoms with E-state index in [-0.39, 0.29) is 12.0 Å². The van der Waals surface area contributed by atoms with Crippen LogP contribution in [0.3, 0.4) is 0 Å². The van der Waals surface area contributed by atoms with Crippen molar-refractivity contribution in [2.24, 2.45) is 0 Å². The molecule has 11 heteroatoms. The van der Waals surface area contributed by atoms with Gasteiger partial charge < -0.3 is 30.4 Å². The van der Waals surface area contributed by atoms with E-state index < -0.39 is 17.1 Å². The highest BCUT2D eigenvalue weighted by Crippen LogP contribution is 2.05. The number of amides is 4. The average Bonchev–Trinajstić information content (AvgIpc) is 2.63. The molecule has 0 aliphatic rings. The van der Waals surface area contributed by atoms with E-state index in [0.717, 1.165) is 25.7 Å². The zero-order chi connectivity index (χ0) is 22.4. The summed E-state index contributed by atoms with van der Waals surface area (Å²) in [4.78, 5) is 41.6. The van der Waals surface area contributed by atoms with Crippen molar-refractivity contribution < 1.29 is 19.1 Å². The van der Waals surface area contributed by atoms with Crippen LogP contribution in [0.1, 0.15) is 38.3 Å². The van der Waals surface area contributed by atoms with E-state index >= 15 is 0 Å². The Balaban J connectivity index is 2.10. The Morgan fingerprint density at radius 2 is 1.60 bits per heavy atom. The Morgan fingerprint density at radius 1 is 1.03 bits per heavy atom. The van der Waals surface area contributed by atoms with Gasteiger partial charge in [-0.2, -0.15) is 4.98 Å². The van der Waals surface area contributed by atoms with E-state index in [1.54, 1.807) is 21.1 Å². The van der Waals surface area contributed by atoms with Gasteiger partial charge in [0.2, 0.25) is 5.95 Å². The molecule has 1 rings (SSSR count). The number of methoxy groups -OCH3 is 2. The highest BCUT2D eigenvalue weighted by Gasteiger charge is 2.26. The van der Waals surface area contributed by atoms with Crippen LogP contribution in [0.5, 0.6) is 0 Å². The van der Waals surface area contributed by atoms with E-state index in [2.05, 4.69) is 31.2 Å². The largest absolute Gasteiger partial charge is 0.382 e. The van der Waals surface area contributed by atoms with Gasteiger partial charge in [0.1, 0.15) is 0 Å². The molecule has 1 aromatic heterocycles. The zero-order valence-corrected chi connectivity index (χ0v) is 18.2. The van der Waals surface area contributed by atoms with E-state index in [4.69, 9.17) is 9.47 Å². The number of urea groups is 2. The van der Waals surface area contributed by atoms with Gasteiger partial charge in [0, 0.05) is 39.1 Å². The topological polar surface area (TPSA) is 146 Å². The Bertz CT molecular complexity index is 718. The molecular formula is C19H34N6O5. The van der Waals surface area contributed by atoms with Crippen molar-refractivity contribution in [1.29, 1.82) is 0 Å². The first-order chi connectivity index (χ1) is 14.3. The summed E-state index contributed by atoms with van der Waals surface area (Å²) in [6.07, 6.45) is 3.47. The van der Waals surface area contributed by atoms with Gasteiger partial charge in [0.25, 0.3) is 5.56 Å². The molecule has 0 aliphatic heterocycles.